The molecule has 1 aliphatic carbocycles. The molecule has 3 aromatic carbocycles. The predicted octanol–water partition coefficient (Wildman–Crippen LogP) is 8.90. The summed E-state index contributed by atoms with van der Waals surface area (Å²) in [5, 5.41) is 6.39. The number of ether oxygens (including phenoxy) is 3. The van der Waals surface area contributed by atoms with Crippen LogP contribution in [-0.2, 0) is 27.3 Å². The van der Waals surface area contributed by atoms with Crippen molar-refractivity contribution in [3.63, 3.8) is 0 Å². The Balaban J connectivity index is 1.60. The Labute approximate surface area is 266 Å². The van der Waals surface area contributed by atoms with Gasteiger partial charge in [0.25, 0.3) is 0 Å². The van der Waals surface area contributed by atoms with Crippen LogP contribution >= 0.6 is 0 Å². The maximum Gasteiger partial charge on any atom is 0.408 e. The van der Waals surface area contributed by atoms with E-state index in [2.05, 4.69) is 10.6 Å². The van der Waals surface area contributed by atoms with Gasteiger partial charge in [0, 0.05) is 28.4 Å². The predicted molar refractivity (Wildman–Crippen MR) is 176 cm³/mol. The van der Waals surface area contributed by atoms with Crippen LogP contribution in [0.1, 0.15) is 96.9 Å². The summed E-state index contributed by atoms with van der Waals surface area (Å²) in [4.78, 5) is 24.9. The lowest BCUT2D eigenvalue weighted by Crippen LogP contribution is -2.34. The third-order valence-corrected chi connectivity index (χ3v) is 7.38. The molecule has 4 rings (SSSR count). The summed E-state index contributed by atoms with van der Waals surface area (Å²) < 4.78 is 33.3. The standard InChI is InChI=1S/C37H47FN2O5/c1-24(39-35(42)45-37(5,6)7)30-16-12-17-31(34(30)38)27-19-25(20-29(21-27)40-28-14-9-10-15-28)23-43-32-18-11-8-13-26(32)22-33(41)44-36(2,3)4/h8,11-13,16-21,24,28,40H,9-10,14-15,22-23H2,1-7H3,(H,39,42)/t24-/m1/s1. The van der Waals surface area contributed by atoms with Crippen molar-refractivity contribution in [1.82, 2.24) is 5.32 Å². The molecular formula is C37H47FN2O5. The first-order valence-corrected chi connectivity index (χ1v) is 15.8. The highest BCUT2D eigenvalue weighted by atomic mass is 19.1. The molecule has 1 aliphatic rings. The number of anilines is 1. The first-order chi connectivity index (χ1) is 21.2. The number of hydrogen-bond acceptors (Lipinski definition) is 6. The number of benzene rings is 3. The van der Waals surface area contributed by atoms with E-state index in [1.165, 1.54) is 12.8 Å². The first-order valence-electron chi connectivity index (χ1n) is 15.8. The van der Waals surface area contributed by atoms with Crippen molar-refractivity contribution in [3.05, 3.63) is 83.2 Å². The van der Waals surface area contributed by atoms with E-state index in [0.717, 1.165) is 29.7 Å². The number of esters is 1. The van der Waals surface area contributed by atoms with E-state index in [4.69, 9.17) is 14.2 Å². The summed E-state index contributed by atoms with van der Waals surface area (Å²) >= 11 is 0. The van der Waals surface area contributed by atoms with Gasteiger partial charge in [-0.05, 0) is 96.7 Å². The Morgan fingerprint density at radius 1 is 0.911 bits per heavy atom. The summed E-state index contributed by atoms with van der Waals surface area (Å²) in [6.07, 6.45) is 4.03. The van der Waals surface area contributed by atoms with Gasteiger partial charge in [-0.25, -0.2) is 9.18 Å². The Bertz CT molecular complexity index is 1480. The zero-order valence-electron chi connectivity index (χ0n) is 27.6. The first kappa shape index (κ1) is 33.8. The van der Waals surface area contributed by atoms with Crippen LogP contribution in [0.5, 0.6) is 5.75 Å². The van der Waals surface area contributed by atoms with Crippen molar-refractivity contribution in [2.24, 2.45) is 0 Å². The third kappa shape index (κ3) is 10.2. The van der Waals surface area contributed by atoms with E-state index in [1.54, 1.807) is 45.9 Å². The molecule has 2 N–H and O–H groups in total. The molecule has 0 unspecified atom stereocenters. The van der Waals surface area contributed by atoms with Crippen molar-refractivity contribution < 1.29 is 28.2 Å². The Morgan fingerprint density at radius 2 is 1.60 bits per heavy atom. The molecule has 7 nitrogen and oxygen atoms in total. The molecule has 0 saturated heterocycles. The fraction of sp³-hybridized carbons (Fsp3) is 0.459. The molecule has 0 aliphatic heterocycles. The lowest BCUT2D eigenvalue weighted by atomic mass is 9.97. The number of carbonyl (C=O) groups excluding carboxylic acids is 2. The summed E-state index contributed by atoms with van der Waals surface area (Å²) in [6.45, 7) is 12.8. The number of halogens is 1. The average Bonchev–Trinajstić information content (AvgIpc) is 3.43. The van der Waals surface area contributed by atoms with Crippen LogP contribution in [-0.4, -0.2) is 29.3 Å². The summed E-state index contributed by atoms with van der Waals surface area (Å²) in [5.74, 6) is -0.141. The van der Waals surface area contributed by atoms with E-state index in [1.807, 2.05) is 63.2 Å². The highest BCUT2D eigenvalue weighted by Gasteiger charge is 2.23. The third-order valence-electron chi connectivity index (χ3n) is 7.38. The number of rotatable bonds is 10. The number of nitrogens with one attached hydrogen (secondary N) is 2. The van der Waals surface area contributed by atoms with Crippen LogP contribution in [0.3, 0.4) is 0 Å². The number of hydrogen-bond donors (Lipinski definition) is 2. The molecule has 45 heavy (non-hydrogen) atoms. The monoisotopic (exact) mass is 618 g/mol. The maximum absolute atomic E-state index is 16.1. The Hall–Kier alpha value is -4.07. The fourth-order valence-electron chi connectivity index (χ4n) is 5.47. The molecule has 1 fully saturated rings. The number of amides is 1. The molecular weight excluding hydrogens is 571 g/mol. The number of alkyl carbamates (subject to hydrolysis) is 1. The van der Waals surface area contributed by atoms with Crippen LogP contribution in [0.2, 0.25) is 0 Å². The molecule has 1 atom stereocenters. The second-order valence-electron chi connectivity index (χ2n) is 13.8. The molecule has 1 amide bonds. The highest BCUT2D eigenvalue weighted by Crippen LogP contribution is 2.33. The molecule has 0 spiro atoms. The van der Waals surface area contributed by atoms with Crippen molar-refractivity contribution >= 4 is 17.7 Å². The molecule has 242 valence electrons. The van der Waals surface area contributed by atoms with Crippen LogP contribution < -0.4 is 15.4 Å². The van der Waals surface area contributed by atoms with E-state index in [9.17, 15) is 9.59 Å². The lowest BCUT2D eigenvalue weighted by Gasteiger charge is -2.23. The largest absolute Gasteiger partial charge is 0.489 e. The normalized spacial score (nSPS) is 14.5. The SMILES string of the molecule is C[C@@H](NC(=O)OC(C)(C)C)c1cccc(-c2cc(COc3ccccc3CC(=O)OC(C)(C)C)cc(NC3CCCC3)c2)c1F. The molecule has 8 heteroatoms. The van der Waals surface area contributed by atoms with E-state index < -0.39 is 29.2 Å². The molecule has 0 radical (unpaired) electrons. The highest BCUT2D eigenvalue weighted by molar-refractivity contribution is 5.74. The van der Waals surface area contributed by atoms with Gasteiger partial charge in [-0.1, -0.05) is 49.2 Å². The number of carbonyl (C=O) groups is 2. The minimum absolute atomic E-state index is 0.0927. The fourth-order valence-corrected chi connectivity index (χ4v) is 5.47. The van der Waals surface area contributed by atoms with Crippen LogP contribution in [0.15, 0.2) is 60.7 Å². The van der Waals surface area contributed by atoms with E-state index >= 15 is 4.39 Å². The van der Waals surface area contributed by atoms with Crippen LogP contribution in [0.25, 0.3) is 11.1 Å². The minimum atomic E-state index is -0.661. The second kappa shape index (κ2) is 14.4. The van der Waals surface area contributed by atoms with Crippen molar-refractivity contribution in [2.45, 2.75) is 110 Å². The van der Waals surface area contributed by atoms with Crippen molar-refractivity contribution in [3.8, 4) is 16.9 Å². The van der Waals surface area contributed by atoms with Crippen LogP contribution in [0, 0.1) is 5.82 Å². The van der Waals surface area contributed by atoms with Crippen molar-refractivity contribution in [1.29, 1.82) is 0 Å². The summed E-state index contributed by atoms with van der Waals surface area (Å²) in [7, 11) is 0. The molecule has 1 saturated carbocycles. The van der Waals surface area contributed by atoms with Gasteiger partial charge >= 0.3 is 12.1 Å². The Kier molecular flexibility index (Phi) is 10.8. The van der Waals surface area contributed by atoms with Gasteiger partial charge in [0.1, 0.15) is 29.4 Å². The van der Waals surface area contributed by atoms with Gasteiger partial charge in [-0.15, -0.1) is 0 Å². The van der Waals surface area contributed by atoms with Gasteiger partial charge in [0.05, 0.1) is 12.5 Å². The van der Waals surface area contributed by atoms with Gasteiger partial charge in [-0.2, -0.15) is 0 Å². The summed E-state index contributed by atoms with van der Waals surface area (Å²) in [5.41, 5.74) is 2.72. The average molecular weight is 619 g/mol. The minimum Gasteiger partial charge on any atom is -0.489 e. The van der Waals surface area contributed by atoms with Gasteiger partial charge < -0.3 is 24.8 Å². The topological polar surface area (TPSA) is 85.9 Å². The molecule has 0 aromatic heterocycles. The van der Waals surface area contributed by atoms with E-state index in [-0.39, 0.29) is 19.0 Å². The van der Waals surface area contributed by atoms with Gasteiger partial charge in [-0.3, -0.25) is 4.79 Å². The smallest absolute Gasteiger partial charge is 0.408 e. The molecule has 3 aromatic rings. The van der Waals surface area contributed by atoms with E-state index in [0.29, 0.717) is 28.5 Å². The van der Waals surface area contributed by atoms with Crippen molar-refractivity contribution in [2.75, 3.05) is 5.32 Å². The zero-order valence-corrected chi connectivity index (χ0v) is 27.6. The van der Waals surface area contributed by atoms with Gasteiger partial charge in [0.2, 0.25) is 0 Å². The zero-order chi connectivity index (χ0) is 32.8. The molecule has 0 heterocycles. The Morgan fingerprint density at radius 3 is 2.29 bits per heavy atom. The summed E-state index contributed by atoms with van der Waals surface area (Å²) in [6, 6.07) is 18.3. The second-order valence-corrected chi connectivity index (χ2v) is 13.8. The van der Waals surface area contributed by atoms with Crippen LogP contribution in [0.4, 0.5) is 14.9 Å². The lowest BCUT2D eigenvalue weighted by molar-refractivity contribution is -0.153. The maximum atomic E-state index is 16.1. The van der Waals surface area contributed by atoms with Gasteiger partial charge in [0.15, 0.2) is 0 Å². The number of para-hydroxylation sites is 1. The molecule has 0 bridgehead atoms. The quantitative estimate of drug-likeness (QED) is 0.221.